The third-order valence-corrected chi connectivity index (χ3v) is 4.24. The first-order chi connectivity index (χ1) is 11.2. The second-order valence-electron chi connectivity index (χ2n) is 5.50. The van der Waals surface area contributed by atoms with E-state index < -0.39 is 0 Å². The quantitative estimate of drug-likeness (QED) is 0.523. The highest BCUT2D eigenvalue weighted by atomic mass is 35.5. The summed E-state index contributed by atoms with van der Waals surface area (Å²) in [6, 6.07) is 21.0. The topological polar surface area (TPSA) is 26.3 Å². The van der Waals surface area contributed by atoms with Crippen molar-refractivity contribution in [1.82, 2.24) is 0 Å². The van der Waals surface area contributed by atoms with Crippen LogP contribution in [0.3, 0.4) is 0 Å². The summed E-state index contributed by atoms with van der Waals surface area (Å²) in [6.45, 7) is 0.479. The molecule has 2 nitrogen and oxygen atoms in total. The maximum atomic E-state index is 12.6. The van der Waals surface area contributed by atoms with Crippen molar-refractivity contribution in [3.05, 3.63) is 88.4 Å². The first-order valence-electron chi connectivity index (χ1n) is 7.38. The number of rotatable bonds is 3. The molecule has 3 aromatic carbocycles. The molecule has 0 amide bonds. The molecule has 0 saturated carbocycles. The number of carbonyl (C=O) groups excluding carboxylic acids is 1. The van der Waals surface area contributed by atoms with Gasteiger partial charge in [0.05, 0.1) is 0 Å². The molecule has 0 aliphatic heterocycles. The second kappa shape index (κ2) is 5.56. The average Bonchev–Trinajstić information content (AvgIpc) is 2.86. The van der Waals surface area contributed by atoms with Crippen LogP contribution in [-0.4, -0.2) is 5.78 Å². The van der Waals surface area contributed by atoms with Gasteiger partial charge in [-0.25, -0.2) is 0 Å². The Labute approximate surface area is 139 Å². The van der Waals surface area contributed by atoms with Gasteiger partial charge in [-0.05, 0) is 47.0 Å². The Morgan fingerprint density at radius 3 is 2.26 bits per heavy atom. The molecule has 0 saturated heterocycles. The molecule has 0 spiro atoms. The summed E-state index contributed by atoms with van der Waals surface area (Å²) in [7, 11) is 0. The highest BCUT2D eigenvalue weighted by Gasteiger charge is 2.27. The van der Waals surface area contributed by atoms with Crippen LogP contribution >= 0.6 is 11.6 Å². The van der Waals surface area contributed by atoms with Gasteiger partial charge in [-0.15, -0.1) is 0 Å². The van der Waals surface area contributed by atoms with E-state index in [0.29, 0.717) is 28.5 Å². The van der Waals surface area contributed by atoms with Crippen molar-refractivity contribution < 1.29 is 9.53 Å². The fourth-order valence-electron chi connectivity index (χ4n) is 2.86. The van der Waals surface area contributed by atoms with Crippen molar-refractivity contribution in [3.63, 3.8) is 0 Å². The third-order valence-electron chi connectivity index (χ3n) is 4.00. The van der Waals surface area contributed by atoms with Crippen molar-refractivity contribution in [2.75, 3.05) is 0 Å². The van der Waals surface area contributed by atoms with E-state index >= 15 is 0 Å². The highest BCUT2D eigenvalue weighted by Crippen LogP contribution is 2.39. The van der Waals surface area contributed by atoms with Crippen LogP contribution in [0.5, 0.6) is 5.75 Å². The van der Waals surface area contributed by atoms with Crippen LogP contribution in [0.1, 0.15) is 21.5 Å². The largest absolute Gasteiger partial charge is 0.489 e. The minimum atomic E-state index is 0.00246. The molecule has 0 atom stereocenters. The van der Waals surface area contributed by atoms with Gasteiger partial charge in [0.25, 0.3) is 0 Å². The molecule has 0 fully saturated rings. The molecule has 1 aliphatic carbocycles. The minimum Gasteiger partial charge on any atom is -0.489 e. The van der Waals surface area contributed by atoms with Crippen LogP contribution in [0.2, 0.25) is 5.02 Å². The second-order valence-corrected chi connectivity index (χ2v) is 5.94. The monoisotopic (exact) mass is 320 g/mol. The number of carbonyl (C=O) groups is 1. The Kier molecular flexibility index (Phi) is 3.40. The van der Waals surface area contributed by atoms with E-state index in [1.54, 1.807) is 6.07 Å². The van der Waals surface area contributed by atoms with Crippen LogP contribution in [0.15, 0.2) is 66.7 Å². The van der Waals surface area contributed by atoms with E-state index in [2.05, 4.69) is 0 Å². The van der Waals surface area contributed by atoms with E-state index in [4.69, 9.17) is 16.3 Å². The Morgan fingerprint density at radius 1 is 0.783 bits per heavy atom. The highest BCUT2D eigenvalue weighted by molar-refractivity contribution is 6.32. The van der Waals surface area contributed by atoms with Gasteiger partial charge in [-0.2, -0.15) is 0 Å². The molecule has 0 N–H and O–H groups in total. The van der Waals surface area contributed by atoms with E-state index in [1.165, 1.54) is 0 Å². The third kappa shape index (κ3) is 2.51. The Bertz CT molecular complexity index is 901. The molecular formula is C20H13ClO2. The molecular weight excluding hydrogens is 308 g/mol. The molecule has 1 aliphatic rings. The lowest BCUT2D eigenvalue weighted by atomic mass is 10.1. The van der Waals surface area contributed by atoms with Crippen LogP contribution in [0.25, 0.3) is 11.1 Å². The molecule has 3 heteroatoms. The lowest BCUT2D eigenvalue weighted by Crippen LogP contribution is -1.98. The van der Waals surface area contributed by atoms with E-state index in [0.717, 1.165) is 16.7 Å². The Morgan fingerprint density at radius 2 is 1.48 bits per heavy atom. The average molecular weight is 321 g/mol. The first kappa shape index (κ1) is 14.0. The van der Waals surface area contributed by atoms with Gasteiger partial charge in [0.1, 0.15) is 12.4 Å². The molecule has 112 valence electrons. The molecule has 0 radical (unpaired) electrons. The zero-order valence-corrected chi connectivity index (χ0v) is 13.0. The van der Waals surface area contributed by atoms with Gasteiger partial charge < -0.3 is 4.74 Å². The molecule has 0 aromatic heterocycles. The first-order valence-corrected chi connectivity index (χ1v) is 7.75. The SMILES string of the molecule is O=C1c2cc(Cl)ccc2-c2ccc(OCc3ccccc3)cc21. The fourth-order valence-corrected chi connectivity index (χ4v) is 3.03. The molecule has 4 rings (SSSR count). The molecule has 0 heterocycles. The molecule has 0 bridgehead atoms. The van der Waals surface area contributed by atoms with Gasteiger partial charge >= 0.3 is 0 Å². The fraction of sp³-hybridized carbons (Fsp3) is 0.0500. The summed E-state index contributed by atoms with van der Waals surface area (Å²) in [4.78, 5) is 12.6. The number of fused-ring (bicyclic) bond motifs is 3. The normalized spacial score (nSPS) is 12.0. The van der Waals surface area contributed by atoms with Crippen LogP contribution in [0, 0.1) is 0 Å². The lowest BCUT2D eigenvalue weighted by molar-refractivity contribution is 0.104. The van der Waals surface area contributed by atoms with Crippen LogP contribution in [-0.2, 0) is 6.61 Å². The number of ether oxygens (including phenoxy) is 1. The Hall–Kier alpha value is -2.58. The van der Waals surface area contributed by atoms with Crippen LogP contribution in [0.4, 0.5) is 0 Å². The summed E-state index contributed by atoms with van der Waals surface area (Å²) in [5.74, 6) is 0.697. The van der Waals surface area contributed by atoms with Crippen molar-refractivity contribution in [1.29, 1.82) is 0 Å². The maximum Gasteiger partial charge on any atom is 0.194 e. The standard InChI is InChI=1S/C20H13ClO2/c21-14-6-8-16-17-9-7-15(11-19(17)20(22)18(16)10-14)23-12-13-4-2-1-3-5-13/h1-11H,12H2. The predicted octanol–water partition coefficient (Wildman–Crippen LogP) is 5.13. The summed E-state index contributed by atoms with van der Waals surface area (Å²) in [5, 5.41) is 0.574. The minimum absolute atomic E-state index is 0.00246. The summed E-state index contributed by atoms with van der Waals surface area (Å²) < 4.78 is 5.81. The number of hydrogen-bond acceptors (Lipinski definition) is 2. The van der Waals surface area contributed by atoms with E-state index in [-0.39, 0.29) is 5.78 Å². The van der Waals surface area contributed by atoms with E-state index in [1.807, 2.05) is 60.7 Å². The van der Waals surface area contributed by atoms with Crippen molar-refractivity contribution >= 4 is 17.4 Å². The van der Waals surface area contributed by atoms with Crippen molar-refractivity contribution in [2.24, 2.45) is 0 Å². The number of halogens is 1. The molecule has 23 heavy (non-hydrogen) atoms. The molecule has 0 unspecified atom stereocenters. The number of hydrogen-bond donors (Lipinski definition) is 0. The predicted molar refractivity (Wildman–Crippen MR) is 91.1 cm³/mol. The van der Waals surface area contributed by atoms with Gasteiger partial charge in [0.15, 0.2) is 5.78 Å². The van der Waals surface area contributed by atoms with Gasteiger partial charge in [0.2, 0.25) is 0 Å². The number of ketones is 1. The zero-order chi connectivity index (χ0) is 15.8. The van der Waals surface area contributed by atoms with Gasteiger partial charge in [0, 0.05) is 16.1 Å². The zero-order valence-electron chi connectivity index (χ0n) is 12.3. The smallest absolute Gasteiger partial charge is 0.194 e. The van der Waals surface area contributed by atoms with Crippen molar-refractivity contribution in [3.8, 4) is 16.9 Å². The summed E-state index contributed by atoms with van der Waals surface area (Å²) in [6.07, 6.45) is 0. The van der Waals surface area contributed by atoms with Gasteiger partial charge in [-0.1, -0.05) is 48.0 Å². The Balaban J connectivity index is 1.63. The van der Waals surface area contributed by atoms with Crippen molar-refractivity contribution in [2.45, 2.75) is 6.61 Å². The van der Waals surface area contributed by atoms with E-state index in [9.17, 15) is 4.79 Å². The lowest BCUT2D eigenvalue weighted by Gasteiger charge is -2.08. The molecule has 3 aromatic rings. The summed E-state index contributed by atoms with van der Waals surface area (Å²) in [5.41, 5.74) is 4.30. The van der Waals surface area contributed by atoms with Gasteiger partial charge in [-0.3, -0.25) is 4.79 Å². The summed E-state index contributed by atoms with van der Waals surface area (Å²) >= 11 is 6.00. The van der Waals surface area contributed by atoms with Crippen LogP contribution < -0.4 is 4.74 Å². The maximum absolute atomic E-state index is 12.6. The number of benzene rings is 3.